The van der Waals surface area contributed by atoms with Crippen LogP contribution in [-0.4, -0.2) is 32.4 Å². The lowest BCUT2D eigenvalue weighted by atomic mass is 10.1. The van der Waals surface area contributed by atoms with Gasteiger partial charge in [-0.05, 0) is 38.3 Å². The summed E-state index contributed by atoms with van der Waals surface area (Å²) < 4.78 is 24.6. The van der Waals surface area contributed by atoms with E-state index in [4.69, 9.17) is 18.9 Å². The highest BCUT2D eigenvalue weighted by Crippen LogP contribution is 2.40. The molecule has 1 aromatic rings. The smallest absolute Gasteiger partial charge is 0.338 e. The third kappa shape index (κ3) is 29.1. The summed E-state index contributed by atoms with van der Waals surface area (Å²) in [5.74, 6) is 1.53. The number of carbonyl (C=O) groups excluding carboxylic acids is 1. The normalized spacial score (nSPS) is 11.2. The van der Waals surface area contributed by atoms with Crippen LogP contribution in [-0.2, 0) is 4.74 Å². The van der Waals surface area contributed by atoms with Crippen LogP contribution in [0.15, 0.2) is 12.1 Å². The minimum absolute atomic E-state index is 0.333. The van der Waals surface area contributed by atoms with Crippen LogP contribution in [0.2, 0.25) is 0 Å². The lowest BCUT2D eigenvalue weighted by Crippen LogP contribution is -2.10. The number of ether oxygens (including phenoxy) is 4. The zero-order valence-corrected chi connectivity index (χ0v) is 35.9. The first-order valence-corrected chi connectivity index (χ1v) is 23.4. The van der Waals surface area contributed by atoms with E-state index in [1.54, 1.807) is 0 Å². The van der Waals surface area contributed by atoms with Gasteiger partial charge < -0.3 is 18.9 Å². The minimum Gasteiger partial charge on any atom is -0.490 e. The second kappa shape index (κ2) is 38.4. The predicted octanol–water partition coefficient (Wildman–Crippen LogP) is 15.9. The molecule has 0 bridgehead atoms. The molecule has 0 saturated heterocycles. The fraction of sp³-hybridized carbons (Fsp3) is 0.854. The summed E-state index contributed by atoms with van der Waals surface area (Å²) in [4.78, 5) is 12.9. The van der Waals surface area contributed by atoms with Gasteiger partial charge >= 0.3 is 5.97 Å². The van der Waals surface area contributed by atoms with Crippen molar-refractivity contribution in [2.24, 2.45) is 0 Å². The molecule has 0 aliphatic heterocycles. The standard InChI is InChI=1S/C48H88O5/c1-5-9-12-15-18-21-24-27-30-33-36-39-51-45-42-44(48(49)50-8-4)43-46(52-40-37-34-31-28-25-22-19-16-13-10-6-2)47(45)53-41-38-35-32-29-26-23-20-17-14-11-7-3/h42-43H,5-41H2,1-4H3. The fourth-order valence-corrected chi connectivity index (χ4v) is 7.10. The summed E-state index contributed by atoms with van der Waals surface area (Å²) >= 11 is 0. The van der Waals surface area contributed by atoms with Crippen molar-refractivity contribution in [3.8, 4) is 17.2 Å². The van der Waals surface area contributed by atoms with Crippen LogP contribution in [0, 0.1) is 0 Å². The average Bonchev–Trinajstić information content (AvgIpc) is 3.16. The molecule has 0 aliphatic carbocycles. The van der Waals surface area contributed by atoms with E-state index in [0.717, 1.165) is 32.1 Å². The molecular formula is C48H88O5. The zero-order chi connectivity index (χ0) is 38.3. The second-order valence-corrected chi connectivity index (χ2v) is 15.7. The highest BCUT2D eigenvalue weighted by atomic mass is 16.5. The summed E-state index contributed by atoms with van der Waals surface area (Å²) in [7, 11) is 0. The van der Waals surface area contributed by atoms with Crippen molar-refractivity contribution >= 4 is 5.97 Å². The van der Waals surface area contributed by atoms with Gasteiger partial charge in [0.2, 0.25) is 5.75 Å². The molecule has 0 radical (unpaired) electrons. The van der Waals surface area contributed by atoms with Gasteiger partial charge in [0.25, 0.3) is 0 Å². The number of carbonyl (C=O) groups is 1. The number of hydrogen-bond donors (Lipinski definition) is 0. The highest BCUT2D eigenvalue weighted by molar-refractivity contribution is 5.91. The van der Waals surface area contributed by atoms with Crippen LogP contribution < -0.4 is 14.2 Å². The molecule has 1 aromatic carbocycles. The third-order valence-corrected chi connectivity index (χ3v) is 10.5. The van der Waals surface area contributed by atoms with Gasteiger partial charge in [-0.3, -0.25) is 0 Å². The average molecular weight is 745 g/mol. The van der Waals surface area contributed by atoms with Crippen molar-refractivity contribution in [1.82, 2.24) is 0 Å². The van der Waals surface area contributed by atoms with Gasteiger partial charge in [-0.25, -0.2) is 4.79 Å². The largest absolute Gasteiger partial charge is 0.490 e. The SMILES string of the molecule is CCCCCCCCCCCCCOc1cc(C(=O)OCC)cc(OCCCCCCCCCCCCC)c1OCCCCCCCCCCCCC. The third-order valence-electron chi connectivity index (χ3n) is 10.5. The predicted molar refractivity (Wildman–Crippen MR) is 228 cm³/mol. The molecule has 310 valence electrons. The zero-order valence-electron chi connectivity index (χ0n) is 35.9. The summed E-state index contributed by atoms with van der Waals surface area (Å²) in [5.41, 5.74) is 0.469. The van der Waals surface area contributed by atoms with Crippen LogP contribution in [0.3, 0.4) is 0 Å². The van der Waals surface area contributed by atoms with E-state index >= 15 is 0 Å². The number of hydrogen-bond acceptors (Lipinski definition) is 5. The lowest BCUT2D eigenvalue weighted by Gasteiger charge is -2.19. The molecule has 0 N–H and O–H groups in total. The molecule has 1 rings (SSSR count). The van der Waals surface area contributed by atoms with Gasteiger partial charge in [0.05, 0.1) is 32.0 Å². The summed E-state index contributed by atoms with van der Waals surface area (Å²) in [6.07, 6.45) is 42.8. The molecule has 5 heteroatoms. The molecule has 5 nitrogen and oxygen atoms in total. The van der Waals surface area contributed by atoms with E-state index in [1.165, 1.54) is 180 Å². The van der Waals surface area contributed by atoms with Gasteiger partial charge in [-0.1, -0.05) is 213 Å². The Labute approximate surface area is 329 Å². The first kappa shape index (κ1) is 49.1. The second-order valence-electron chi connectivity index (χ2n) is 15.7. The van der Waals surface area contributed by atoms with Crippen LogP contribution in [0.25, 0.3) is 0 Å². The van der Waals surface area contributed by atoms with Crippen molar-refractivity contribution in [2.45, 2.75) is 240 Å². The summed E-state index contributed by atoms with van der Waals surface area (Å²) in [6, 6.07) is 3.61. The molecule has 53 heavy (non-hydrogen) atoms. The van der Waals surface area contributed by atoms with Gasteiger partial charge in [0, 0.05) is 0 Å². The molecule has 0 saturated carbocycles. The van der Waals surface area contributed by atoms with Crippen molar-refractivity contribution < 1.29 is 23.7 Å². The Morgan fingerprint density at radius 1 is 0.377 bits per heavy atom. The van der Waals surface area contributed by atoms with E-state index in [1.807, 2.05) is 19.1 Å². The Morgan fingerprint density at radius 2 is 0.642 bits per heavy atom. The molecule has 0 spiro atoms. The van der Waals surface area contributed by atoms with Crippen LogP contribution in [0.4, 0.5) is 0 Å². The van der Waals surface area contributed by atoms with E-state index in [0.29, 0.717) is 49.2 Å². The van der Waals surface area contributed by atoms with Crippen LogP contribution in [0.1, 0.15) is 250 Å². The molecule has 0 fully saturated rings. The summed E-state index contributed by atoms with van der Waals surface area (Å²) in [6.45, 7) is 10.9. The molecule has 0 aromatic heterocycles. The number of unbranched alkanes of at least 4 members (excludes halogenated alkanes) is 30. The van der Waals surface area contributed by atoms with Crippen molar-refractivity contribution in [3.63, 3.8) is 0 Å². The van der Waals surface area contributed by atoms with E-state index < -0.39 is 0 Å². The first-order chi connectivity index (χ1) is 26.2. The minimum atomic E-state index is -0.344. The monoisotopic (exact) mass is 745 g/mol. The molecule has 0 amide bonds. The lowest BCUT2D eigenvalue weighted by molar-refractivity contribution is 0.0525. The van der Waals surface area contributed by atoms with Crippen molar-refractivity contribution in [2.75, 3.05) is 26.4 Å². The highest BCUT2D eigenvalue weighted by Gasteiger charge is 2.20. The Kier molecular flexibility index (Phi) is 35.6. The van der Waals surface area contributed by atoms with Crippen LogP contribution >= 0.6 is 0 Å². The Morgan fingerprint density at radius 3 is 0.925 bits per heavy atom. The number of benzene rings is 1. The van der Waals surface area contributed by atoms with E-state index in [9.17, 15) is 4.79 Å². The van der Waals surface area contributed by atoms with Gasteiger partial charge in [0.15, 0.2) is 11.5 Å². The molecular weight excluding hydrogens is 657 g/mol. The Balaban J connectivity index is 2.69. The quantitative estimate of drug-likeness (QED) is 0.0494. The maximum Gasteiger partial charge on any atom is 0.338 e. The maximum atomic E-state index is 12.9. The molecule has 0 heterocycles. The van der Waals surface area contributed by atoms with Crippen LogP contribution in [0.5, 0.6) is 17.2 Å². The Hall–Kier alpha value is -1.91. The van der Waals surface area contributed by atoms with Crippen molar-refractivity contribution in [1.29, 1.82) is 0 Å². The number of esters is 1. The Bertz CT molecular complexity index is 882. The van der Waals surface area contributed by atoms with Gasteiger partial charge in [-0.15, -0.1) is 0 Å². The van der Waals surface area contributed by atoms with Gasteiger partial charge in [-0.2, -0.15) is 0 Å². The summed E-state index contributed by atoms with van der Waals surface area (Å²) in [5, 5.41) is 0. The molecule has 0 aliphatic rings. The van der Waals surface area contributed by atoms with Gasteiger partial charge in [0.1, 0.15) is 0 Å². The molecule has 0 atom stereocenters. The topological polar surface area (TPSA) is 54.0 Å². The molecule has 0 unspecified atom stereocenters. The first-order valence-electron chi connectivity index (χ1n) is 23.4. The van der Waals surface area contributed by atoms with E-state index in [-0.39, 0.29) is 5.97 Å². The number of rotatable bonds is 41. The fourth-order valence-electron chi connectivity index (χ4n) is 7.10. The maximum absolute atomic E-state index is 12.9. The van der Waals surface area contributed by atoms with E-state index in [2.05, 4.69) is 20.8 Å². The van der Waals surface area contributed by atoms with Crippen molar-refractivity contribution in [3.05, 3.63) is 17.7 Å².